The van der Waals surface area contributed by atoms with Crippen LogP contribution >= 0.6 is 23.2 Å². The maximum Gasteiger partial charge on any atom is 0.264 e. The predicted octanol–water partition coefficient (Wildman–Crippen LogP) is 5.76. The first-order valence-corrected chi connectivity index (χ1v) is 14.5. The van der Waals surface area contributed by atoms with E-state index in [-0.39, 0.29) is 16.3 Å². The van der Waals surface area contributed by atoms with Gasteiger partial charge in [-0.1, -0.05) is 35.3 Å². The molecular weight excluding hydrogens is 587 g/mol. The summed E-state index contributed by atoms with van der Waals surface area (Å²) in [6.45, 7) is 3.27. The van der Waals surface area contributed by atoms with Crippen molar-refractivity contribution < 1.29 is 22.7 Å². The van der Waals surface area contributed by atoms with Gasteiger partial charge in [-0.3, -0.25) is 9.10 Å². The number of para-hydroxylation sites is 2. The van der Waals surface area contributed by atoms with Crippen LogP contribution in [0, 0.1) is 13.8 Å². The standard InChI is InChI=1S/C29H28Cl2N4O5S/c1-19-13-21(20(2)35(19)24-15-22(30)14-23(31)16-24)17-32-33-29(36)18-34(27-7-5-6-8-28(27)40-4)41(37,38)26-11-9-25(39-3)10-12-26/h5-17H,18H2,1-4H3,(H,33,36)/b32-17-. The molecule has 1 N–H and O–H groups in total. The topological polar surface area (TPSA) is 102 Å². The van der Waals surface area contributed by atoms with Gasteiger partial charge in [0.1, 0.15) is 18.0 Å². The Labute approximate surface area is 249 Å². The van der Waals surface area contributed by atoms with Crippen molar-refractivity contribution in [1.82, 2.24) is 9.99 Å². The largest absolute Gasteiger partial charge is 0.497 e. The van der Waals surface area contributed by atoms with Crippen LogP contribution in [0.25, 0.3) is 5.69 Å². The molecular formula is C29H28Cl2N4O5S. The molecule has 0 aliphatic heterocycles. The summed E-state index contributed by atoms with van der Waals surface area (Å²) in [4.78, 5) is 13.0. The highest BCUT2D eigenvalue weighted by Gasteiger charge is 2.29. The van der Waals surface area contributed by atoms with E-state index in [0.717, 1.165) is 26.9 Å². The van der Waals surface area contributed by atoms with E-state index in [1.54, 1.807) is 42.5 Å². The first kappa shape index (κ1) is 30.0. The van der Waals surface area contributed by atoms with Crippen LogP contribution in [0.1, 0.15) is 17.0 Å². The Kier molecular flexibility index (Phi) is 9.27. The molecule has 0 atom stereocenters. The van der Waals surface area contributed by atoms with Gasteiger partial charge in [-0.25, -0.2) is 13.8 Å². The first-order valence-electron chi connectivity index (χ1n) is 12.3. The molecule has 12 heteroatoms. The van der Waals surface area contributed by atoms with Gasteiger partial charge in [-0.05, 0) is 74.5 Å². The lowest BCUT2D eigenvalue weighted by Crippen LogP contribution is -2.39. The van der Waals surface area contributed by atoms with Gasteiger partial charge >= 0.3 is 0 Å². The van der Waals surface area contributed by atoms with Crippen LogP contribution in [-0.2, 0) is 14.8 Å². The second kappa shape index (κ2) is 12.7. The number of halogens is 2. The fourth-order valence-electron chi connectivity index (χ4n) is 4.33. The molecule has 0 aliphatic carbocycles. The van der Waals surface area contributed by atoms with Crippen molar-refractivity contribution in [2.45, 2.75) is 18.7 Å². The normalized spacial score (nSPS) is 11.5. The Bertz CT molecular complexity index is 1680. The summed E-state index contributed by atoms with van der Waals surface area (Å²) in [7, 11) is -1.26. The summed E-state index contributed by atoms with van der Waals surface area (Å²) in [5, 5.41) is 5.11. The van der Waals surface area contributed by atoms with Crippen LogP contribution in [0.4, 0.5) is 5.69 Å². The van der Waals surface area contributed by atoms with Gasteiger partial charge in [0, 0.05) is 32.7 Å². The number of nitrogens with zero attached hydrogens (tertiary/aromatic N) is 3. The molecule has 0 fully saturated rings. The Morgan fingerprint density at radius 2 is 1.63 bits per heavy atom. The predicted molar refractivity (Wildman–Crippen MR) is 162 cm³/mol. The third-order valence-corrected chi connectivity index (χ3v) is 8.47. The number of rotatable bonds is 10. The molecule has 0 aliphatic rings. The molecule has 0 radical (unpaired) electrons. The Hall–Kier alpha value is -3.99. The molecule has 1 heterocycles. The van der Waals surface area contributed by atoms with Gasteiger partial charge in [0.25, 0.3) is 15.9 Å². The molecule has 0 spiro atoms. The number of carbonyl (C=O) groups excluding carboxylic acids is 1. The van der Waals surface area contributed by atoms with Crippen molar-refractivity contribution in [1.29, 1.82) is 0 Å². The number of anilines is 1. The summed E-state index contributed by atoms with van der Waals surface area (Å²) in [5.41, 5.74) is 5.92. The zero-order valence-electron chi connectivity index (χ0n) is 22.8. The van der Waals surface area contributed by atoms with Crippen molar-refractivity contribution in [2.24, 2.45) is 5.10 Å². The number of aryl methyl sites for hydroxylation is 1. The van der Waals surface area contributed by atoms with E-state index in [1.807, 2.05) is 24.5 Å². The lowest BCUT2D eigenvalue weighted by atomic mass is 10.2. The molecule has 4 aromatic rings. The average Bonchev–Trinajstić information content (AvgIpc) is 3.23. The Morgan fingerprint density at radius 3 is 2.27 bits per heavy atom. The second-order valence-corrected chi connectivity index (χ2v) is 11.7. The van der Waals surface area contributed by atoms with Gasteiger partial charge in [0.15, 0.2) is 0 Å². The van der Waals surface area contributed by atoms with Crippen LogP contribution in [0.15, 0.2) is 82.8 Å². The molecule has 214 valence electrons. The highest BCUT2D eigenvalue weighted by atomic mass is 35.5. The highest BCUT2D eigenvalue weighted by molar-refractivity contribution is 7.92. The van der Waals surface area contributed by atoms with Crippen molar-refractivity contribution >= 4 is 51.0 Å². The van der Waals surface area contributed by atoms with Gasteiger partial charge in [-0.2, -0.15) is 5.10 Å². The van der Waals surface area contributed by atoms with E-state index >= 15 is 0 Å². The maximum absolute atomic E-state index is 13.7. The number of amides is 1. The summed E-state index contributed by atoms with van der Waals surface area (Å²) in [6.07, 6.45) is 1.49. The number of carbonyl (C=O) groups is 1. The number of sulfonamides is 1. The SMILES string of the molecule is COc1ccc(S(=O)(=O)N(CC(=O)N/N=C\c2cc(C)n(-c3cc(Cl)cc(Cl)c3)c2C)c2ccccc2OC)cc1. The van der Waals surface area contributed by atoms with Crippen LogP contribution in [0.5, 0.6) is 11.5 Å². The molecule has 3 aromatic carbocycles. The fraction of sp³-hybridized carbons (Fsp3) is 0.172. The van der Waals surface area contributed by atoms with E-state index in [0.29, 0.717) is 15.8 Å². The second-order valence-electron chi connectivity index (χ2n) is 8.94. The summed E-state index contributed by atoms with van der Waals surface area (Å²) in [5.74, 6) is 0.131. The van der Waals surface area contributed by atoms with E-state index in [9.17, 15) is 13.2 Å². The lowest BCUT2D eigenvalue weighted by molar-refractivity contribution is -0.119. The Morgan fingerprint density at radius 1 is 0.976 bits per heavy atom. The van der Waals surface area contributed by atoms with Crippen molar-refractivity contribution in [3.8, 4) is 17.2 Å². The smallest absolute Gasteiger partial charge is 0.264 e. The molecule has 1 aromatic heterocycles. The van der Waals surface area contributed by atoms with E-state index < -0.39 is 22.5 Å². The van der Waals surface area contributed by atoms with Crippen LogP contribution in [0.2, 0.25) is 10.0 Å². The monoisotopic (exact) mass is 614 g/mol. The summed E-state index contributed by atoms with van der Waals surface area (Å²) in [6, 6.07) is 19.6. The quantitative estimate of drug-likeness (QED) is 0.181. The van der Waals surface area contributed by atoms with Crippen LogP contribution < -0.4 is 19.2 Å². The zero-order chi connectivity index (χ0) is 29.7. The third kappa shape index (κ3) is 6.67. The maximum atomic E-state index is 13.7. The summed E-state index contributed by atoms with van der Waals surface area (Å²) < 4.78 is 40.8. The number of aromatic nitrogens is 1. The van der Waals surface area contributed by atoms with Crippen LogP contribution in [-0.4, -0.2) is 45.9 Å². The minimum atomic E-state index is -4.17. The van der Waals surface area contributed by atoms with Crippen molar-refractivity contribution in [2.75, 3.05) is 25.1 Å². The van der Waals surface area contributed by atoms with Crippen molar-refractivity contribution in [3.05, 3.63) is 99.8 Å². The van der Waals surface area contributed by atoms with Gasteiger partial charge in [0.2, 0.25) is 0 Å². The number of methoxy groups -OCH3 is 2. The number of nitrogens with one attached hydrogen (secondary N) is 1. The molecule has 41 heavy (non-hydrogen) atoms. The van der Waals surface area contributed by atoms with Gasteiger partial charge < -0.3 is 14.0 Å². The van der Waals surface area contributed by atoms with Crippen molar-refractivity contribution in [3.63, 3.8) is 0 Å². The van der Waals surface area contributed by atoms with E-state index in [1.165, 1.54) is 44.7 Å². The number of hydrogen-bond acceptors (Lipinski definition) is 6. The first-order chi connectivity index (χ1) is 19.5. The Balaban J connectivity index is 1.59. The number of ether oxygens (including phenoxy) is 2. The number of hydrazone groups is 1. The fourth-order valence-corrected chi connectivity index (χ4v) is 6.28. The number of hydrogen-bond donors (Lipinski definition) is 1. The van der Waals surface area contributed by atoms with E-state index in [2.05, 4.69) is 10.5 Å². The van der Waals surface area contributed by atoms with E-state index in [4.69, 9.17) is 32.7 Å². The lowest BCUT2D eigenvalue weighted by Gasteiger charge is -2.25. The minimum Gasteiger partial charge on any atom is -0.497 e. The van der Waals surface area contributed by atoms with Crippen LogP contribution in [0.3, 0.4) is 0 Å². The summed E-state index contributed by atoms with van der Waals surface area (Å²) >= 11 is 12.4. The highest BCUT2D eigenvalue weighted by Crippen LogP contribution is 2.32. The molecule has 0 saturated carbocycles. The average molecular weight is 616 g/mol. The third-order valence-electron chi connectivity index (χ3n) is 6.26. The molecule has 0 unspecified atom stereocenters. The molecule has 9 nitrogen and oxygen atoms in total. The zero-order valence-corrected chi connectivity index (χ0v) is 25.1. The molecule has 1 amide bonds. The molecule has 0 bridgehead atoms. The van der Waals surface area contributed by atoms with Gasteiger partial charge in [0.05, 0.1) is 31.0 Å². The minimum absolute atomic E-state index is 0.0194. The number of benzene rings is 3. The molecule has 0 saturated heterocycles. The molecule has 4 rings (SSSR count). The van der Waals surface area contributed by atoms with Gasteiger partial charge in [-0.15, -0.1) is 0 Å².